The van der Waals surface area contributed by atoms with Crippen LogP contribution in [-0.4, -0.2) is 34.6 Å². The normalized spacial score (nSPS) is 15.3. The van der Waals surface area contributed by atoms with Crippen LogP contribution >= 0.6 is 12.2 Å². The molecule has 0 spiro atoms. The summed E-state index contributed by atoms with van der Waals surface area (Å²) in [6.45, 7) is 11.9. The molecule has 0 saturated carbocycles. The number of carbonyl (C=O) groups is 2. The van der Waals surface area contributed by atoms with E-state index < -0.39 is 12.0 Å². The summed E-state index contributed by atoms with van der Waals surface area (Å²) in [6.07, 6.45) is 17.9. The zero-order valence-corrected chi connectivity index (χ0v) is 28.0. The van der Waals surface area contributed by atoms with Crippen molar-refractivity contribution < 1.29 is 19.1 Å². The van der Waals surface area contributed by atoms with Crippen LogP contribution < -0.4 is 10.1 Å². The molecule has 6 nitrogen and oxygen atoms in total. The number of amides is 1. The van der Waals surface area contributed by atoms with Crippen LogP contribution in [0.15, 0.2) is 29.5 Å². The first kappa shape index (κ1) is 35.8. The summed E-state index contributed by atoms with van der Waals surface area (Å²) in [5.41, 5.74) is 2.92. The van der Waals surface area contributed by atoms with Crippen LogP contribution in [0.25, 0.3) is 0 Å². The molecule has 1 aliphatic heterocycles. The van der Waals surface area contributed by atoms with Crippen molar-refractivity contribution in [3.05, 3.63) is 40.6 Å². The van der Waals surface area contributed by atoms with E-state index >= 15 is 0 Å². The lowest BCUT2D eigenvalue weighted by Gasteiger charge is -2.39. The third-order valence-corrected chi connectivity index (χ3v) is 8.16. The topological polar surface area (TPSA) is 67.9 Å². The van der Waals surface area contributed by atoms with Crippen molar-refractivity contribution in [3.8, 4) is 5.75 Å². The Hall–Kier alpha value is -2.41. The zero-order chi connectivity index (χ0) is 30.9. The number of allylic oxidation sites excluding steroid dienone is 1. The van der Waals surface area contributed by atoms with Gasteiger partial charge in [0.2, 0.25) is 5.91 Å². The first-order valence-corrected chi connectivity index (χ1v) is 17.0. The van der Waals surface area contributed by atoms with Gasteiger partial charge in [0.05, 0.1) is 18.3 Å². The highest BCUT2D eigenvalue weighted by Crippen LogP contribution is 2.42. The Morgan fingerprint density at radius 2 is 1.48 bits per heavy atom. The number of unbranched alkanes of at least 4 members (excludes halogenated alkanes) is 12. The van der Waals surface area contributed by atoms with Crippen molar-refractivity contribution in [3.63, 3.8) is 0 Å². The number of nitrogens with zero attached hydrogens (tertiary/aromatic N) is 1. The fourth-order valence-corrected chi connectivity index (χ4v) is 6.08. The van der Waals surface area contributed by atoms with E-state index in [1.54, 1.807) is 11.8 Å². The Morgan fingerprint density at radius 3 is 2.00 bits per heavy atom. The minimum atomic E-state index is -0.711. The van der Waals surface area contributed by atoms with Crippen LogP contribution in [0.2, 0.25) is 0 Å². The fraction of sp³-hybridized carbons (Fsp3) is 0.686. The highest BCUT2D eigenvalue weighted by Gasteiger charge is 2.42. The van der Waals surface area contributed by atoms with Gasteiger partial charge in [0.25, 0.3) is 0 Å². The molecule has 0 saturated heterocycles. The van der Waals surface area contributed by atoms with E-state index in [-0.39, 0.29) is 25.0 Å². The first-order chi connectivity index (χ1) is 20.3. The van der Waals surface area contributed by atoms with Gasteiger partial charge in [0.1, 0.15) is 11.8 Å². The molecule has 1 N–H and O–H groups in total. The molecule has 0 radical (unpaired) electrons. The van der Waals surface area contributed by atoms with Crippen molar-refractivity contribution >= 4 is 29.2 Å². The molecule has 1 heterocycles. The lowest BCUT2D eigenvalue weighted by Crippen LogP contribution is -2.51. The highest BCUT2D eigenvalue weighted by molar-refractivity contribution is 7.80. The second-order valence-electron chi connectivity index (χ2n) is 11.7. The maximum Gasteiger partial charge on any atom is 0.338 e. The number of hydrogen-bond acceptors (Lipinski definition) is 5. The monoisotopic (exact) mass is 600 g/mol. The van der Waals surface area contributed by atoms with Crippen LogP contribution in [0.4, 0.5) is 0 Å². The van der Waals surface area contributed by atoms with Gasteiger partial charge < -0.3 is 14.8 Å². The Labute approximate surface area is 261 Å². The van der Waals surface area contributed by atoms with Gasteiger partial charge in [-0.15, -0.1) is 0 Å². The van der Waals surface area contributed by atoms with E-state index in [2.05, 4.69) is 18.3 Å². The molecule has 2 rings (SSSR count). The molecule has 1 unspecified atom stereocenters. The van der Waals surface area contributed by atoms with Gasteiger partial charge in [-0.05, 0) is 64.4 Å². The standard InChI is InChI=1S/C35H56N2O4S/c1-7-10-11-12-13-14-15-16-17-18-19-20-21-23-28-24-22-25-29(41-26(4)5)32(28)33-31(34(39)40-9-3)27(6)36-35(42)37(33)30(38)8-2/h22,24-26,33H,7-21,23H2,1-6H3,(H,36,42). The van der Waals surface area contributed by atoms with Gasteiger partial charge in [0, 0.05) is 17.7 Å². The van der Waals surface area contributed by atoms with Crippen LogP contribution in [0, 0.1) is 0 Å². The van der Waals surface area contributed by atoms with Crippen molar-refractivity contribution in [2.24, 2.45) is 0 Å². The van der Waals surface area contributed by atoms with E-state index in [1.165, 1.54) is 70.6 Å². The number of carbonyl (C=O) groups excluding carboxylic acids is 2. The molecule has 0 bridgehead atoms. The SMILES string of the molecule is CCCCCCCCCCCCCCCc1cccc(OC(C)C)c1C1C(C(=O)OCC)=C(C)NC(=S)N1C(=O)CC. The van der Waals surface area contributed by atoms with E-state index in [1.807, 2.05) is 39.8 Å². The van der Waals surface area contributed by atoms with E-state index in [0.29, 0.717) is 22.1 Å². The Balaban J connectivity index is 2.19. The zero-order valence-electron chi connectivity index (χ0n) is 27.2. The average Bonchev–Trinajstić information content (AvgIpc) is 2.94. The van der Waals surface area contributed by atoms with Crippen LogP contribution in [0.3, 0.4) is 0 Å². The number of hydrogen-bond donors (Lipinski definition) is 1. The molecule has 0 aliphatic carbocycles. The van der Waals surface area contributed by atoms with Crippen LogP contribution in [-0.2, 0) is 20.7 Å². The summed E-state index contributed by atoms with van der Waals surface area (Å²) in [5, 5.41) is 3.38. The number of aryl methyl sites for hydroxylation is 1. The average molecular weight is 601 g/mol. The second kappa shape index (κ2) is 19.7. The molecule has 7 heteroatoms. The Bertz CT molecular complexity index is 1040. The molecule has 0 aromatic heterocycles. The van der Waals surface area contributed by atoms with Crippen molar-refractivity contribution in [2.75, 3.05) is 6.61 Å². The number of thiocarbonyl (C=S) groups is 1. The van der Waals surface area contributed by atoms with Crippen molar-refractivity contribution in [1.29, 1.82) is 0 Å². The molecular weight excluding hydrogens is 544 g/mol. The van der Waals surface area contributed by atoms with Crippen LogP contribution in [0.5, 0.6) is 5.75 Å². The van der Waals surface area contributed by atoms with Crippen LogP contribution in [0.1, 0.15) is 149 Å². The van der Waals surface area contributed by atoms with Crippen molar-refractivity contribution in [1.82, 2.24) is 10.2 Å². The summed E-state index contributed by atoms with van der Waals surface area (Å²) < 4.78 is 11.8. The second-order valence-corrected chi connectivity index (χ2v) is 12.1. The van der Waals surface area contributed by atoms with E-state index in [9.17, 15) is 9.59 Å². The van der Waals surface area contributed by atoms with Gasteiger partial charge in [-0.1, -0.05) is 103 Å². The number of benzene rings is 1. The summed E-state index contributed by atoms with van der Waals surface area (Å²) >= 11 is 5.67. The van der Waals surface area contributed by atoms with Gasteiger partial charge >= 0.3 is 5.97 Å². The number of nitrogens with one attached hydrogen (secondary N) is 1. The largest absolute Gasteiger partial charge is 0.491 e. The van der Waals surface area contributed by atoms with Crippen molar-refractivity contribution in [2.45, 2.75) is 150 Å². The maximum atomic E-state index is 13.3. The smallest absolute Gasteiger partial charge is 0.338 e. The molecule has 236 valence electrons. The molecule has 1 amide bonds. The molecule has 0 fully saturated rings. The van der Waals surface area contributed by atoms with E-state index in [4.69, 9.17) is 21.7 Å². The molecule has 42 heavy (non-hydrogen) atoms. The minimum absolute atomic E-state index is 0.0737. The molecule has 1 aromatic carbocycles. The summed E-state index contributed by atoms with van der Waals surface area (Å²) in [6, 6.07) is 5.32. The molecule has 1 atom stereocenters. The van der Waals surface area contributed by atoms with E-state index in [0.717, 1.165) is 30.4 Å². The minimum Gasteiger partial charge on any atom is -0.491 e. The third-order valence-electron chi connectivity index (χ3n) is 7.86. The first-order valence-electron chi connectivity index (χ1n) is 16.6. The summed E-state index contributed by atoms with van der Waals surface area (Å²) in [5.74, 6) is 0.0728. The van der Waals surface area contributed by atoms with Gasteiger partial charge in [-0.3, -0.25) is 9.69 Å². The number of ether oxygens (including phenoxy) is 2. The lowest BCUT2D eigenvalue weighted by molar-refractivity contribution is -0.139. The predicted octanol–water partition coefficient (Wildman–Crippen LogP) is 9.11. The van der Waals surface area contributed by atoms with Gasteiger partial charge in [-0.25, -0.2) is 4.79 Å². The summed E-state index contributed by atoms with van der Waals surface area (Å²) in [4.78, 5) is 28.2. The molecule has 1 aromatic rings. The molecule has 1 aliphatic rings. The highest BCUT2D eigenvalue weighted by atomic mass is 32.1. The van der Waals surface area contributed by atoms with Gasteiger partial charge in [0.15, 0.2) is 5.11 Å². The predicted molar refractivity (Wildman–Crippen MR) is 177 cm³/mol. The number of esters is 1. The Kier molecular flexibility index (Phi) is 16.8. The number of rotatable bonds is 20. The lowest BCUT2D eigenvalue weighted by atomic mass is 9.87. The Morgan fingerprint density at radius 1 is 0.905 bits per heavy atom. The quantitative estimate of drug-likeness (QED) is 0.0915. The fourth-order valence-electron chi connectivity index (χ4n) is 5.72. The maximum absolute atomic E-state index is 13.3. The third kappa shape index (κ3) is 11.0. The molecular formula is C35H56N2O4S. The summed E-state index contributed by atoms with van der Waals surface area (Å²) in [7, 11) is 0. The van der Waals surface area contributed by atoms with Gasteiger partial charge in [-0.2, -0.15) is 0 Å².